The summed E-state index contributed by atoms with van der Waals surface area (Å²) in [6.45, 7) is 1.34. The van der Waals surface area contributed by atoms with Gasteiger partial charge in [-0.15, -0.1) is 0 Å². The number of amides is 1. The Hall–Kier alpha value is -2.36. The largest absolute Gasteiger partial charge is 0.491 e. The lowest BCUT2D eigenvalue weighted by molar-refractivity contribution is 0.0691. The molecule has 1 aliphatic rings. The van der Waals surface area contributed by atoms with Crippen molar-refractivity contribution in [2.24, 2.45) is 0 Å². The molecule has 0 spiro atoms. The van der Waals surface area contributed by atoms with Crippen LogP contribution >= 0.6 is 0 Å². The average molecular weight is 282 g/mol. The zero-order valence-corrected chi connectivity index (χ0v) is 11.8. The smallest absolute Gasteiger partial charge is 0.254 e. The summed E-state index contributed by atoms with van der Waals surface area (Å²) < 4.78 is 5.80. The van der Waals surface area contributed by atoms with Crippen molar-refractivity contribution in [3.05, 3.63) is 60.4 Å². The van der Waals surface area contributed by atoms with E-state index < -0.39 is 0 Å². The second kappa shape index (κ2) is 6.39. The lowest BCUT2D eigenvalue weighted by Crippen LogP contribution is -2.39. The molecule has 0 saturated carbocycles. The third kappa shape index (κ3) is 3.21. The van der Waals surface area contributed by atoms with E-state index in [-0.39, 0.29) is 11.9 Å². The third-order valence-electron chi connectivity index (χ3n) is 3.75. The average Bonchev–Trinajstić information content (AvgIpc) is 3.02. The summed E-state index contributed by atoms with van der Waals surface area (Å²) in [6, 6.07) is 13.4. The monoisotopic (exact) mass is 282 g/mol. The van der Waals surface area contributed by atoms with Crippen molar-refractivity contribution in [1.82, 2.24) is 9.88 Å². The van der Waals surface area contributed by atoms with Crippen LogP contribution in [0.1, 0.15) is 23.2 Å². The highest BCUT2D eigenvalue weighted by Gasteiger charge is 2.29. The van der Waals surface area contributed by atoms with E-state index in [4.69, 9.17) is 4.74 Å². The number of aromatic nitrogens is 1. The van der Waals surface area contributed by atoms with E-state index in [0.717, 1.165) is 25.1 Å². The van der Waals surface area contributed by atoms with Crippen LogP contribution in [0, 0.1) is 0 Å². The molecule has 1 saturated heterocycles. The topological polar surface area (TPSA) is 42.4 Å². The molecule has 4 heteroatoms. The molecule has 21 heavy (non-hydrogen) atoms. The van der Waals surface area contributed by atoms with Gasteiger partial charge in [0.05, 0.1) is 6.04 Å². The Labute approximate surface area is 124 Å². The van der Waals surface area contributed by atoms with Gasteiger partial charge in [0.2, 0.25) is 0 Å². The Morgan fingerprint density at radius 2 is 1.95 bits per heavy atom. The molecule has 1 amide bonds. The lowest BCUT2D eigenvalue weighted by Gasteiger charge is -2.24. The van der Waals surface area contributed by atoms with Gasteiger partial charge in [0.1, 0.15) is 12.4 Å². The molecule has 108 valence electrons. The highest BCUT2D eigenvalue weighted by molar-refractivity contribution is 5.94. The minimum atomic E-state index is 0.0663. The Morgan fingerprint density at radius 1 is 1.19 bits per heavy atom. The van der Waals surface area contributed by atoms with E-state index in [2.05, 4.69) is 4.98 Å². The van der Waals surface area contributed by atoms with Crippen LogP contribution in [-0.2, 0) is 0 Å². The number of hydrogen-bond acceptors (Lipinski definition) is 3. The van der Waals surface area contributed by atoms with Crippen molar-refractivity contribution in [2.45, 2.75) is 18.9 Å². The van der Waals surface area contributed by atoms with Gasteiger partial charge in [0, 0.05) is 24.5 Å². The van der Waals surface area contributed by atoms with E-state index in [1.807, 2.05) is 35.2 Å². The highest BCUT2D eigenvalue weighted by Crippen LogP contribution is 2.21. The normalized spacial score (nSPS) is 17.7. The Morgan fingerprint density at radius 3 is 2.71 bits per heavy atom. The molecular formula is C17H18N2O2. The van der Waals surface area contributed by atoms with E-state index in [1.54, 1.807) is 24.5 Å². The van der Waals surface area contributed by atoms with Crippen molar-refractivity contribution in [3.63, 3.8) is 0 Å². The third-order valence-corrected chi connectivity index (χ3v) is 3.75. The van der Waals surface area contributed by atoms with Crippen molar-refractivity contribution >= 4 is 5.91 Å². The molecule has 1 fully saturated rings. The molecule has 1 aromatic carbocycles. The van der Waals surface area contributed by atoms with E-state index in [9.17, 15) is 4.79 Å². The molecule has 1 atom stereocenters. The van der Waals surface area contributed by atoms with Crippen LogP contribution in [0.5, 0.6) is 5.75 Å². The molecule has 0 radical (unpaired) electrons. The first-order valence-corrected chi connectivity index (χ1v) is 7.23. The summed E-state index contributed by atoms with van der Waals surface area (Å²) in [5.41, 5.74) is 0.691. The fraction of sp³-hybridized carbons (Fsp3) is 0.294. The van der Waals surface area contributed by atoms with E-state index >= 15 is 0 Å². The molecule has 1 unspecified atom stereocenters. The minimum Gasteiger partial charge on any atom is -0.491 e. The Bertz CT molecular complexity index is 586. The predicted molar refractivity (Wildman–Crippen MR) is 80.2 cm³/mol. The van der Waals surface area contributed by atoms with Gasteiger partial charge < -0.3 is 9.64 Å². The molecule has 0 N–H and O–H groups in total. The molecule has 3 rings (SSSR count). The number of benzene rings is 1. The maximum absolute atomic E-state index is 12.5. The first-order valence-electron chi connectivity index (χ1n) is 7.23. The van der Waals surface area contributed by atoms with Gasteiger partial charge in [-0.25, -0.2) is 0 Å². The summed E-state index contributed by atoms with van der Waals surface area (Å²) in [7, 11) is 0. The van der Waals surface area contributed by atoms with Gasteiger partial charge in [-0.1, -0.05) is 18.2 Å². The number of rotatable bonds is 4. The molecule has 2 heterocycles. The molecule has 0 aliphatic carbocycles. The maximum atomic E-state index is 12.5. The van der Waals surface area contributed by atoms with Gasteiger partial charge in [0.15, 0.2) is 0 Å². The summed E-state index contributed by atoms with van der Waals surface area (Å²) in [5, 5.41) is 0. The van der Waals surface area contributed by atoms with Crippen molar-refractivity contribution in [1.29, 1.82) is 0 Å². The van der Waals surface area contributed by atoms with Gasteiger partial charge in [-0.05, 0) is 37.1 Å². The standard InChI is InChI=1S/C17H18N2O2/c20-17(14-8-10-18-11-9-14)19-12-4-5-15(19)13-21-16-6-2-1-3-7-16/h1-3,6-11,15H,4-5,12-13H2. The van der Waals surface area contributed by atoms with Gasteiger partial charge >= 0.3 is 0 Å². The number of likely N-dealkylation sites (tertiary alicyclic amines) is 1. The maximum Gasteiger partial charge on any atom is 0.254 e. The molecule has 1 aliphatic heterocycles. The fourth-order valence-electron chi connectivity index (χ4n) is 2.65. The molecule has 2 aromatic rings. The van der Waals surface area contributed by atoms with Crippen molar-refractivity contribution in [2.75, 3.05) is 13.2 Å². The number of carbonyl (C=O) groups is 1. The van der Waals surface area contributed by atoms with E-state index in [1.165, 1.54) is 0 Å². The first-order chi connectivity index (χ1) is 10.3. The number of pyridine rings is 1. The van der Waals surface area contributed by atoms with Crippen LogP contribution < -0.4 is 4.74 Å². The number of para-hydroxylation sites is 1. The Kier molecular flexibility index (Phi) is 4.15. The van der Waals surface area contributed by atoms with Gasteiger partial charge in [0.25, 0.3) is 5.91 Å². The summed E-state index contributed by atoms with van der Waals surface area (Å²) >= 11 is 0. The zero-order chi connectivity index (χ0) is 14.5. The number of ether oxygens (including phenoxy) is 1. The molecule has 0 bridgehead atoms. The number of carbonyl (C=O) groups excluding carboxylic acids is 1. The molecular weight excluding hydrogens is 264 g/mol. The fourth-order valence-corrected chi connectivity index (χ4v) is 2.65. The summed E-state index contributed by atoms with van der Waals surface area (Å²) in [4.78, 5) is 18.4. The van der Waals surface area contributed by atoms with Crippen LogP contribution in [0.15, 0.2) is 54.9 Å². The summed E-state index contributed by atoms with van der Waals surface area (Å²) in [5.74, 6) is 0.914. The molecule has 4 nitrogen and oxygen atoms in total. The SMILES string of the molecule is O=C(c1ccncc1)N1CCCC1COc1ccccc1. The van der Waals surface area contributed by atoms with Gasteiger partial charge in [-0.3, -0.25) is 9.78 Å². The first kappa shape index (κ1) is 13.6. The van der Waals surface area contributed by atoms with Crippen LogP contribution in [0.4, 0.5) is 0 Å². The second-order valence-corrected chi connectivity index (χ2v) is 5.15. The second-order valence-electron chi connectivity index (χ2n) is 5.15. The quantitative estimate of drug-likeness (QED) is 0.866. The zero-order valence-electron chi connectivity index (χ0n) is 11.8. The van der Waals surface area contributed by atoms with Crippen molar-refractivity contribution < 1.29 is 9.53 Å². The predicted octanol–water partition coefficient (Wildman–Crippen LogP) is 2.77. The van der Waals surface area contributed by atoms with Crippen LogP contribution in [0.25, 0.3) is 0 Å². The Balaban J connectivity index is 1.64. The minimum absolute atomic E-state index is 0.0663. The van der Waals surface area contributed by atoms with Crippen LogP contribution in [0.2, 0.25) is 0 Å². The van der Waals surface area contributed by atoms with E-state index in [0.29, 0.717) is 12.2 Å². The highest BCUT2D eigenvalue weighted by atomic mass is 16.5. The number of hydrogen-bond donors (Lipinski definition) is 0. The molecule has 1 aromatic heterocycles. The van der Waals surface area contributed by atoms with Crippen molar-refractivity contribution in [3.8, 4) is 5.75 Å². The van der Waals surface area contributed by atoms with Crippen LogP contribution in [0.3, 0.4) is 0 Å². The lowest BCUT2D eigenvalue weighted by atomic mass is 10.2. The van der Waals surface area contributed by atoms with Crippen LogP contribution in [-0.4, -0.2) is 35.0 Å². The summed E-state index contributed by atoms with van der Waals surface area (Å²) in [6.07, 6.45) is 5.32. The van der Waals surface area contributed by atoms with Gasteiger partial charge in [-0.2, -0.15) is 0 Å². The number of nitrogens with zero attached hydrogens (tertiary/aromatic N) is 2.